The van der Waals surface area contributed by atoms with E-state index < -0.39 is 0 Å². The van der Waals surface area contributed by atoms with Crippen LogP contribution in [0.15, 0.2) is 6.20 Å². The topological polar surface area (TPSA) is 29.9 Å². The maximum absolute atomic E-state index is 4.40. The van der Waals surface area contributed by atoms with E-state index in [4.69, 9.17) is 0 Å². The standard InChI is InChI=1S/C9H17N3/c1-4-8-7-12(3)11-9(8)5-6-10-2/h7,10H,4-6H2,1-3H3. The summed E-state index contributed by atoms with van der Waals surface area (Å²) >= 11 is 0. The molecule has 1 heterocycles. The fraction of sp³-hybridized carbons (Fsp3) is 0.667. The summed E-state index contributed by atoms with van der Waals surface area (Å²) < 4.78 is 1.89. The third-order valence-electron chi connectivity index (χ3n) is 1.98. The van der Waals surface area contributed by atoms with Crippen LogP contribution in [0.25, 0.3) is 0 Å². The summed E-state index contributed by atoms with van der Waals surface area (Å²) in [6, 6.07) is 0. The minimum atomic E-state index is 1.00. The molecule has 0 aliphatic carbocycles. The van der Waals surface area contributed by atoms with Gasteiger partial charge in [-0.2, -0.15) is 5.10 Å². The monoisotopic (exact) mass is 167 g/mol. The first kappa shape index (κ1) is 9.26. The predicted octanol–water partition coefficient (Wildman–Crippen LogP) is 0.744. The van der Waals surface area contributed by atoms with Crippen molar-refractivity contribution in [1.29, 1.82) is 0 Å². The number of hydrogen-bond acceptors (Lipinski definition) is 2. The van der Waals surface area contributed by atoms with E-state index >= 15 is 0 Å². The van der Waals surface area contributed by atoms with Gasteiger partial charge in [-0.15, -0.1) is 0 Å². The minimum absolute atomic E-state index is 1.00. The first-order chi connectivity index (χ1) is 5.77. The highest BCUT2D eigenvalue weighted by atomic mass is 15.2. The molecule has 1 rings (SSSR count). The second-order valence-electron chi connectivity index (χ2n) is 2.98. The van der Waals surface area contributed by atoms with Gasteiger partial charge in [0.1, 0.15) is 0 Å². The van der Waals surface area contributed by atoms with E-state index in [0.29, 0.717) is 0 Å². The van der Waals surface area contributed by atoms with E-state index in [2.05, 4.69) is 23.5 Å². The Balaban J connectivity index is 2.68. The van der Waals surface area contributed by atoms with Crippen molar-refractivity contribution in [3.05, 3.63) is 17.5 Å². The Morgan fingerprint density at radius 1 is 1.58 bits per heavy atom. The summed E-state index contributed by atoms with van der Waals surface area (Å²) in [6.45, 7) is 3.17. The van der Waals surface area contributed by atoms with Gasteiger partial charge in [0.15, 0.2) is 0 Å². The molecule has 0 saturated carbocycles. The molecule has 68 valence electrons. The summed E-state index contributed by atoms with van der Waals surface area (Å²) in [5.41, 5.74) is 2.60. The molecule has 0 aliphatic heterocycles. The third-order valence-corrected chi connectivity index (χ3v) is 1.98. The summed E-state index contributed by atoms with van der Waals surface area (Å²) in [5.74, 6) is 0. The van der Waals surface area contributed by atoms with Crippen molar-refractivity contribution < 1.29 is 0 Å². The maximum Gasteiger partial charge on any atom is 0.0668 e. The minimum Gasteiger partial charge on any atom is -0.319 e. The third kappa shape index (κ3) is 2.08. The summed E-state index contributed by atoms with van der Waals surface area (Å²) in [6.07, 6.45) is 4.21. The van der Waals surface area contributed by atoms with Crippen LogP contribution in [0.3, 0.4) is 0 Å². The highest BCUT2D eigenvalue weighted by Crippen LogP contribution is 2.06. The van der Waals surface area contributed by atoms with Crippen LogP contribution in [0.1, 0.15) is 18.2 Å². The lowest BCUT2D eigenvalue weighted by atomic mass is 10.1. The van der Waals surface area contributed by atoms with Crippen molar-refractivity contribution in [2.24, 2.45) is 7.05 Å². The summed E-state index contributed by atoms with van der Waals surface area (Å²) in [4.78, 5) is 0. The van der Waals surface area contributed by atoms with E-state index in [0.717, 1.165) is 19.4 Å². The van der Waals surface area contributed by atoms with Crippen LogP contribution >= 0.6 is 0 Å². The van der Waals surface area contributed by atoms with Crippen LogP contribution in [0.4, 0.5) is 0 Å². The molecule has 3 heteroatoms. The number of nitrogens with one attached hydrogen (secondary N) is 1. The van der Waals surface area contributed by atoms with Crippen LogP contribution in [0.2, 0.25) is 0 Å². The van der Waals surface area contributed by atoms with Gasteiger partial charge in [0, 0.05) is 26.2 Å². The van der Waals surface area contributed by atoms with Gasteiger partial charge in [-0.3, -0.25) is 4.68 Å². The van der Waals surface area contributed by atoms with Crippen LogP contribution in [0, 0.1) is 0 Å². The van der Waals surface area contributed by atoms with Gasteiger partial charge in [-0.1, -0.05) is 6.92 Å². The number of hydrogen-bond donors (Lipinski definition) is 1. The van der Waals surface area contributed by atoms with E-state index in [9.17, 15) is 0 Å². The molecule has 0 unspecified atom stereocenters. The van der Waals surface area contributed by atoms with E-state index in [-0.39, 0.29) is 0 Å². The lowest BCUT2D eigenvalue weighted by Gasteiger charge is -1.97. The molecule has 0 radical (unpaired) electrons. The Kier molecular flexibility index (Phi) is 3.29. The molecular formula is C9H17N3. The van der Waals surface area contributed by atoms with E-state index in [1.807, 2.05) is 18.8 Å². The zero-order valence-electron chi connectivity index (χ0n) is 8.09. The van der Waals surface area contributed by atoms with Crippen molar-refractivity contribution >= 4 is 0 Å². The second-order valence-corrected chi connectivity index (χ2v) is 2.98. The quantitative estimate of drug-likeness (QED) is 0.717. The van der Waals surface area contributed by atoms with Crippen molar-refractivity contribution in [1.82, 2.24) is 15.1 Å². The molecule has 12 heavy (non-hydrogen) atoms. The molecule has 1 aromatic rings. The molecule has 0 amide bonds. The maximum atomic E-state index is 4.40. The van der Waals surface area contributed by atoms with Gasteiger partial charge in [0.05, 0.1) is 5.69 Å². The van der Waals surface area contributed by atoms with Gasteiger partial charge in [0.25, 0.3) is 0 Å². The van der Waals surface area contributed by atoms with Crippen LogP contribution in [0.5, 0.6) is 0 Å². The zero-order valence-corrected chi connectivity index (χ0v) is 8.09. The molecule has 0 bridgehead atoms. The Morgan fingerprint density at radius 2 is 2.33 bits per heavy atom. The second kappa shape index (κ2) is 4.26. The average molecular weight is 167 g/mol. The largest absolute Gasteiger partial charge is 0.319 e. The normalized spacial score (nSPS) is 10.6. The molecule has 1 aromatic heterocycles. The van der Waals surface area contributed by atoms with Gasteiger partial charge in [0.2, 0.25) is 0 Å². The van der Waals surface area contributed by atoms with Crippen molar-refractivity contribution in [2.45, 2.75) is 19.8 Å². The van der Waals surface area contributed by atoms with E-state index in [1.54, 1.807) is 0 Å². The fourth-order valence-corrected chi connectivity index (χ4v) is 1.33. The Labute approximate surface area is 73.8 Å². The van der Waals surface area contributed by atoms with Crippen molar-refractivity contribution in [3.63, 3.8) is 0 Å². The molecular weight excluding hydrogens is 150 g/mol. The fourth-order valence-electron chi connectivity index (χ4n) is 1.33. The van der Waals surface area contributed by atoms with Crippen LogP contribution in [-0.4, -0.2) is 23.4 Å². The first-order valence-electron chi connectivity index (χ1n) is 4.44. The Hall–Kier alpha value is -0.830. The van der Waals surface area contributed by atoms with Gasteiger partial charge < -0.3 is 5.32 Å². The Bertz CT molecular complexity index is 240. The van der Waals surface area contributed by atoms with Crippen molar-refractivity contribution in [3.8, 4) is 0 Å². The molecule has 3 nitrogen and oxygen atoms in total. The highest BCUT2D eigenvalue weighted by Gasteiger charge is 2.03. The first-order valence-corrected chi connectivity index (χ1v) is 4.44. The number of nitrogens with zero attached hydrogens (tertiary/aromatic N) is 2. The molecule has 0 saturated heterocycles. The zero-order chi connectivity index (χ0) is 8.97. The number of aryl methyl sites for hydroxylation is 2. The van der Waals surface area contributed by atoms with Gasteiger partial charge >= 0.3 is 0 Å². The van der Waals surface area contributed by atoms with Crippen LogP contribution < -0.4 is 5.32 Å². The molecule has 0 spiro atoms. The molecule has 0 aliphatic rings. The SMILES string of the molecule is CCc1cn(C)nc1CCNC. The molecule has 0 fully saturated rings. The molecule has 1 N–H and O–H groups in total. The van der Waals surface area contributed by atoms with Crippen LogP contribution in [-0.2, 0) is 19.9 Å². The lowest BCUT2D eigenvalue weighted by molar-refractivity contribution is 0.716. The summed E-state index contributed by atoms with van der Waals surface area (Å²) in [7, 11) is 3.94. The number of rotatable bonds is 4. The molecule has 0 atom stereocenters. The smallest absolute Gasteiger partial charge is 0.0668 e. The Morgan fingerprint density at radius 3 is 2.92 bits per heavy atom. The number of likely N-dealkylation sites (N-methyl/N-ethyl adjacent to an activating group) is 1. The van der Waals surface area contributed by atoms with Gasteiger partial charge in [-0.25, -0.2) is 0 Å². The predicted molar refractivity (Wildman–Crippen MR) is 50.2 cm³/mol. The van der Waals surface area contributed by atoms with Crippen molar-refractivity contribution in [2.75, 3.05) is 13.6 Å². The summed E-state index contributed by atoms with van der Waals surface area (Å²) in [5, 5.41) is 7.52. The number of aromatic nitrogens is 2. The lowest BCUT2D eigenvalue weighted by Crippen LogP contribution is -2.11. The average Bonchev–Trinajstić information content (AvgIpc) is 2.42. The van der Waals surface area contributed by atoms with Gasteiger partial charge in [-0.05, 0) is 19.0 Å². The highest BCUT2D eigenvalue weighted by molar-refractivity contribution is 5.17. The molecule has 0 aromatic carbocycles. The van der Waals surface area contributed by atoms with E-state index in [1.165, 1.54) is 11.3 Å².